The van der Waals surface area contributed by atoms with Crippen LogP contribution in [-0.2, 0) is 14.4 Å². The van der Waals surface area contributed by atoms with E-state index in [1.54, 1.807) is 36.1 Å². The molecule has 6 rings (SSSR count). The standard InChI is InChI=1S/C37H39ClN10O6S/c1-21-6-4-8-25(38)33(21)45-34(52)27-19-41-37(55-27)44-28-18-29(43-22(2)42-28)46-14-16-47(17-15-46)31(51)12-13-40-26-9-5-7-24-32(26)36(54)48(35(24)53)23(20-49)10-11-30(50)39-3/h4-9,18-20,23,40H,10-17H2,1-3H3,(H,39,50)(H,45,52)(H,41,42,43,44). The number of anilines is 5. The van der Waals surface area contributed by atoms with E-state index in [4.69, 9.17) is 11.6 Å². The molecule has 4 N–H and O–H groups in total. The Morgan fingerprint density at radius 2 is 1.76 bits per heavy atom. The molecule has 2 aliphatic heterocycles. The van der Waals surface area contributed by atoms with E-state index >= 15 is 0 Å². The third-order valence-corrected chi connectivity index (χ3v) is 10.5. The first-order valence-electron chi connectivity index (χ1n) is 17.6. The van der Waals surface area contributed by atoms with Gasteiger partial charge in [0.15, 0.2) is 5.13 Å². The summed E-state index contributed by atoms with van der Waals surface area (Å²) < 4.78 is 0. The molecule has 55 heavy (non-hydrogen) atoms. The second-order valence-corrected chi connectivity index (χ2v) is 14.3. The summed E-state index contributed by atoms with van der Waals surface area (Å²) in [7, 11) is 1.47. The molecule has 4 heterocycles. The highest BCUT2D eigenvalue weighted by Gasteiger charge is 2.41. The van der Waals surface area contributed by atoms with E-state index in [9.17, 15) is 28.8 Å². The maximum Gasteiger partial charge on any atom is 0.267 e. The van der Waals surface area contributed by atoms with Crippen LogP contribution in [0, 0.1) is 13.8 Å². The molecule has 1 atom stereocenters. The van der Waals surface area contributed by atoms with Crippen LogP contribution in [-0.4, -0.2) is 106 Å². The summed E-state index contributed by atoms with van der Waals surface area (Å²) in [6.07, 6.45) is 2.12. The number of amides is 5. The Kier molecular flexibility index (Phi) is 12.0. The van der Waals surface area contributed by atoms with Crippen LogP contribution in [0.3, 0.4) is 0 Å². The largest absolute Gasteiger partial charge is 0.384 e. The molecule has 0 aliphatic carbocycles. The number of aryl methyl sites for hydroxylation is 2. The molecule has 4 aromatic rings. The Bertz CT molecular complexity index is 2130. The van der Waals surface area contributed by atoms with Crippen molar-refractivity contribution >= 4 is 86.9 Å². The lowest BCUT2D eigenvalue weighted by atomic mass is 10.1. The quantitative estimate of drug-likeness (QED) is 0.106. The molecule has 5 amide bonds. The van der Waals surface area contributed by atoms with Crippen LogP contribution in [0.2, 0.25) is 5.02 Å². The zero-order chi connectivity index (χ0) is 39.2. The first-order valence-corrected chi connectivity index (χ1v) is 18.7. The number of hydrogen-bond acceptors (Lipinski definition) is 13. The zero-order valence-corrected chi connectivity index (χ0v) is 31.9. The predicted molar refractivity (Wildman–Crippen MR) is 208 cm³/mol. The second-order valence-electron chi connectivity index (χ2n) is 12.9. The zero-order valence-electron chi connectivity index (χ0n) is 30.3. The van der Waals surface area contributed by atoms with Gasteiger partial charge in [-0.2, -0.15) is 0 Å². The number of fused-ring (bicyclic) bond motifs is 1. The van der Waals surface area contributed by atoms with Crippen molar-refractivity contribution in [2.24, 2.45) is 0 Å². The molecule has 18 heteroatoms. The Balaban J connectivity index is 1.00. The Hall–Kier alpha value is -5.94. The lowest BCUT2D eigenvalue weighted by Crippen LogP contribution is -2.49. The van der Waals surface area contributed by atoms with Crippen molar-refractivity contribution in [3.63, 3.8) is 0 Å². The van der Waals surface area contributed by atoms with Gasteiger partial charge in [0.25, 0.3) is 17.7 Å². The topological polar surface area (TPSA) is 199 Å². The van der Waals surface area contributed by atoms with Crippen molar-refractivity contribution in [1.82, 2.24) is 30.1 Å². The Labute approximate surface area is 325 Å². The second kappa shape index (κ2) is 17.0. The minimum Gasteiger partial charge on any atom is -0.384 e. The van der Waals surface area contributed by atoms with E-state index in [-0.39, 0.29) is 54.7 Å². The van der Waals surface area contributed by atoms with Crippen molar-refractivity contribution in [3.8, 4) is 0 Å². The lowest BCUT2D eigenvalue weighted by Gasteiger charge is -2.35. The number of imide groups is 1. The number of rotatable bonds is 14. The summed E-state index contributed by atoms with van der Waals surface area (Å²) in [5.41, 5.74) is 2.08. The fourth-order valence-electron chi connectivity index (χ4n) is 6.35. The van der Waals surface area contributed by atoms with Gasteiger partial charge in [-0.05, 0) is 44.0 Å². The van der Waals surface area contributed by atoms with Crippen molar-refractivity contribution in [2.45, 2.75) is 39.2 Å². The highest BCUT2D eigenvalue weighted by Crippen LogP contribution is 2.32. The third kappa shape index (κ3) is 8.73. The monoisotopic (exact) mass is 786 g/mol. The molecule has 2 aromatic carbocycles. The minimum atomic E-state index is -1.08. The van der Waals surface area contributed by atoms with E-state index in [0.29, 0.717) is 76.3 Å². The molecule has 0 spiro atoms. The van der Waals surface area contributed by atoms with Gasteiger partial charge in [0, 0.05) is 64.4 Å². The molecular weight excluding hydrogens is 748 g/mol. The Morgan fingerprint density at radius 3 is 2.49 bits per heavy atom. The van der Waals surface area contributed by atoms with Gasteiger partial charge < -0.3 is 35.9 Å². The number of piperazine rings is 1. The number of hydrogen-bond donors (Lipinski definition) is 4. The normalized spacial score (nSPS) is 14.4. The van der Waals surface area contributed by atoms with Crippen LogP contribution in [0.5, 0.6) is 0 Å². The molecule has 1 saturated heterocycles. The van der Waals surface area contributed by atoms with Gasteiger partial charge in [-0.1, -0.05) is 41.1 Å². The SMILES string of the molecule is CNC(=O)CCC(C=O)N1C(=O)c2cccc(NCCC(=O)N3CCN(c4cc(Nc5ncc(C(=O)Nc6c(C)cccc6Cl)s5)nc(C)n4)CC3)c2C1=O. The predicted octanol–water partition coefficient (Wildman–Crippen LogP) is 4.04. The lowest BCUT2D eigenvalue weighted by molar-refractivity contribution is -0.131. The molecule has 0 saturated carbocycles. The fourth-order valence-corrected chi connectivity index (χ4v) is 7.34. The number of nitrogens with one attached hydrogen (secondary N) is 4. The van der Waals surface area contributed by atoms with Gasteiger partial charge in [-0.15, -0.1) is 0 Å². The fraction of sp³-hybridized carbons (Fsp3) is 0.324. The van der Waals surface area contributed by atoms with Crippen LogP contribution in [0.1, 0.15) is 61.0 Å². The summed E-state index contributed by atoms with van der Waals surface area (Å²) in [6, 6.07) is 10.9. The maximum absolute atomic E-state index is 13.4. The molecule has 0 radical (unpaired) electrons. The van der Waals surface area contributed by atoms with Crippen LogP contribution >= 0.6 is 22.9 Å². The van der Waals surface area contributed by atoms with Gasteiger partial charge in [0.1, 0.15) is 28.6 Å². The number of halogens is 1. The summed E-state index contributed by atoms with van der Waals surface area (Å²) in [4.78, 5) is 94.7. The Morgan fingerprint density at radius 1 is 1.00 bits per heavy atom. The van der Waals surface area contributed by atoms with Crippen LogP contribution < -0.4 is 26.2 Å². The first-order chi connectivity index (χ1) is 26.5. The van der Waals surface area contributed by atoms with Crippen molar-refractivity contribution in [1.29, 1.82) is 0 Å². The molecule has 2 aromatic heterocycles. The van der Waals surface area contributed by atoms with Gasteiger partial charge >= 0.3 is 0 Å². The highest BCUT2D eigenvalue weighted by molar-refractivity contribution is 7.17. The highest BCUT2D eigenvalue weighted by atomic mass is 35.5. The molecule has 1 fully saturated rings. The smallest absolute Gasteiger partial charge is 0.267 e. The third-order valence-electron chi connectivity index (χ3n) is 9.24. The number of para-hydroxylation sites is 1. The molecule has 2 aliphatic rings. The van der Waals surface area contributed by atoms with Gasteiger partial charge in [0.2, 0.25) is 11.8 Å². The average molecular weight is 787 g/mol. The molecule has 1 unspecified atom stereocenters. The van der Waals surface area contributed by atoms with Crippen molar-refractivity contribution in [2.75, 3.05) is 60.6 Å². The minimum absolute atomic E-state index is 0.00899. The first kappa shape index (κ1) is 38.8. The summed E-state index contributed by atoms with van der Waals surface area (Å²) in [5, 5.41) is 12.5. The van der Waals surface area contributed by atoms with Gasteiger partial charge in [-0.3, -0.25) is 28.9 Å². The van der Waals surface area contributed by atoms with Crippen molar-refractivity contribution in [3.05, 3.63) is 81.1 Å². The van der Waals surface area contributed by atoms with Crippen molar-refractivity contribution < 1.29 is 28.8 Å². The summed E-state index contributed by atoms with van der Waals surface area (Å²) >= 11 is 7.45. The summed E-state index contributed by atoms with van der Waals surface area (Å²) in [6.45, 7) is 5.86. The van der Waals surface area contributed by atoms with E-state index in [1.807, 2.05) is 19.1 Å². The van der Waals surface area contributed by atoms with Gasteiger partial charge in [-0.25, -0.2) is 15.0 Å². The molecule has 16 nitrogen and oxygen atoms in total. The van der Waals surface area contributed by atoms with Crippen LogP contribution in [0.15, 0.2) is 48.7 Å². The van der Waals surface area contributed by atoms with E-state index in [2.05, 4.69) is 41.1 Å². The molecule has 286 valence electrons. The van der Waals surface area contributed by atoms with E-state index in [1.165, 1.54) is 30.6 Å². The van der Waals surface area contributed by atoms with Crippen LogP contribution in [0.4, 0.5) is 28.1 Å². The number of carbonyl (C=O) groups excluding carboxylic acids is 6. The number of carbonyl (C=O) groups is 6. The number of thiazole rings is 1. The van der Waals surface area contributed by atoms with E-state index < -0.39 is 17.9 Å². The van der Waals surface area contributed by atoms with E-state index in [0.717, 1.165) is 10.5 Å². The van der Waals surface area contributed by atoms with Gasteiger partial charge in [0.05, 0.1) is 34.1 Å². The average Bonchev–Trinajstić information content (AvgIpc) is 3.75. The number of nitrogens with zero attached hydrogens (tertiary/aromatic N) is 6. The maximum atomic E-state index is 13.4. The number of aromatic nitrogens is 3. The number of aldehydes is 1. The molecular formula is C37H39ClN10O6S. The van der Waals surface area contributed by atoms with Crippen LogP contribution in [0.25, 0.3) is 0 Å². The summed E-state index contributed by atoms with van der Waals surface area (Å²) in [5.74, 6) is -0.201. The molecule has 0 bridgehead atoms. The number of benzene rings is 2.